The molecule has 3 aromatic carbocycles. The molecule has 1 fully saturated rings. The molecule has 10 nitrogen and oxygen atoms in total. The minimum Gasteiger partial charge on any atom is -0.455 e. The van der Waals surface area contributed by atoms with E-state index in [0.29, 0.717) is 55.4 Å². The smallest absolute Gasteiger partial charge is 0.261 e. The SMILES string of the molecule is CNC(=O)c1c(-c2ccc(F)cc2)oc2cc(N(C)S(C)(=O)=O)c(-c3cc4c(cn3)nc(CN3CCC(F)(F)C3)n3c5cccc(F)c5cc43)cc12. The van der Waals surface area contributed by atoms with Crippen molar-refractivity contribution in [3.8, 4) is 22.6 Å². The Morgan fingerprint density at radius 1 is 1.02 bits per heavy atom. The molecule has 0 bridgehead atoms. The van der Waals surface area contributed by atoms with Crippen LogP contribution in [0.25, 0.3) is 60.9 Å². The van der Waals surface area contributed by atoms with Crippen LogP contribution in [0.1, 0.15) is 22.6 Å². The topological polar surface area (TPSA) is 113 Å². The summed E-state index contributed by atoms with van der Waals surface area (Å²) in [5.74, 6) is -3.67. The molecular weight excluding hydrogens is 701 g/mol. The first-order valence-electron chi connectivity index (χ1n) is 16.2. The zero-order valence-electron chi connectivity index (χ0n) is 28.0. The van der Waals surface area contributed by atoms with Crippen molar-refractivity contribution in [3.05, 3.63) is 95.9 Å². The minimum atomic E-state index is -3.83. The van der Waals surface area contributed by atoms with Gasteiger partial charge in [0.1, 0.15) is 28.8 Å². The number of benzene rings is 3. The quantitative estimate of drug-likeness (QED) is 0.176. The van der Waals surface area contributed by atoms with Crippen molar-refractivity contribution in [1.29, 1.82) is 0 Å². The molecule has 5 heterocycles. The molecule has 0 atom stereocenters. The van der Waals surface area contributed by atoms with Crippen LogP contribution in [0.15, 0.2) is 77.3 Å². The number of rotatable bonds is 7. The maximum atomic E-state index is 15.2. The molecule has 1 amide bonds. The molecule has 1 saturated heterocycles. The Labute approximate surface area is 294 Å². The third kappa shape index (κ3) is 5.60. The van der Waals surface area contributed by atoms with Gasteiger partial charge in [0.2, 0.25) is 10.0 Å². The second kappa shape index (κ2) is 12.0. The Morgan fingerprint density at radius 3 is 2.48 bits per heavy atom. The average molecular weight is 731 g/mol. The number of sulfonamides is 1. The van der Waals surface area contributed by atoms with Crippen LogP contribution in [0.2, 0.25) is 0 Å². The molecule has 52 heavy (non-hydrogen) atoms. The van der Waals surface area contributed by atoms with E-state index in [1.807, 2.05) is 0 Å². The number of pyridine rings is 1. The summed E-state index contributed by atoms with van der Waals surface area (Å²) in [4.78, 5) is 24.5. The number of alkyl halides is 2. The highest BCUT2D eigenvalue weighted by molar-refractivity contribution is 7.92. The number of anilines is 1. The molecule has 0 radical (unpaired) electrons. The number of hydrogen-bond donors (Lipinski definition) is 1. The molecule has 266 valence electrons. The lowest BCUT2D eigenvalue weighted by molar-refractivity contribution is 0.0112. The van der Waals surface area contributed by atoms with Gasteiger partial charge in [0, 0.05) is 60.4 Å². The summed E-state index contributed by atoms with van der Waals surface area (Å²) < 4.78 is 92.2. The number of likely N-dealkylation sites (tertiary alicyclic amines) is 1. The Morgan fingerprint density at radius 2 is 1.79 bits per heavy atom. The monoisotopic (exact) mass is 730 g/mol. The summed E-state index contributed by atoms with van der Waals surface area (Å²) in [6.45, 7) is -0.164. The minimum absolute atomic E-state index is 0.0865. The lowest BCUT2D eigenvalue weighted by Gasteiger charge is -2.21. The molecule has 0 unspecified atom stereocenters. The third-order valence-corrected chi connectivity index (χ3v) is 10.7. The Kier molecular flexibility index (Phi) is 7.77. The van der Waals surface area contributed by atoms with E-state index in [4.69, 9.17) is 9.40 Å². The van der Waals surface area contributed by atoms with Crippen molar-refractivity contribution in [2.45, 2.75) is 18.9 Å². The van der Waals surface area contributed by atoms with Gasteiger partial charge in [-0.15, -0.1) is 0 Å². The van der Waals surface area contributed by atoms with E-state index in [0.717, 1.165) is 10.6 Å². The number of hydrogen-bond acceptors (Lipinski definition) is 7. The third-order valence-electron chi connectivity index (χ3n) is 9.55. The molecular formula is C37H30F4N6O4S. The summed E-state index contributed by atoms with van der Waals surface area (Å²) in [7, 11) is -1.00. The van der Waals surface area contributed by atoms with Gasteiger partial charge >= 0.3 is 0 Å². The van der Waals surface area contributed by atoms with E-state index in [2.05, 4.69) is 10.3 Å². The van der Waals surface area contributed by atoms with Crippen LogP contribution in [-0.2, 0) is 16.6 Å². The molecule has 15 heteroatoms. The van der Waals surface area contributed by atoms with Crippen molar-refractivity contribution in [2.75, 3.05) is 37.7 Å². The van der Waals surface area contributed by atoms with Crippen LogP contribution >= 0.6 is 0 Å². The zero-order valence-corrected chi connectivity index (χ0v) is 28.9. The number of carbonyl (C=O) groups excluding carboxylic acids is 1. The van der Waals surface area contributed by atoms with Crippen LogP contribution in [0.5, 0.6) is 0 Å². The average Bonchev–Trinajstić information content (AvgIpc) is 3.80. The van der Waals surface area contributed by atoms with Crippen LogP contribution in [-0.4, -0.2) is 73.0 Å². The first-order chi connectivity index (χ1) is 24.7. The van der Waals surface area contributed by atoms with Gasteiger partial charge in [-0.05, 0) is 54.6 Å². The van der Waals surface area contributed by atoms with Gasteiger partial charge in [0.25, 0.3) is 11.8 Å². The number of nitrogens with zero attached hydrogens (tertiary/aromatic N) is 5. The number of furan rings is 1. The molecule has 1 aliphatic heterocycles. The Balaban J connectivity index is 1.39. The summed E-state index contributed by atoms with van der Waals surface area (Å²) in [5, 5.41) is 3.81. The molecule has 1 N–H and O–H groups in total. The molecule has 0 aliphatic carbocycles. The molecule has 7 aromatic rings. The maximum Gasteiger partial charge on any atom is 0.261 e. The Bertz CT molecular complexity index is 2710. The number of halogens is 4. The van der Waals surface area contributed by atoms with Crippen molar-refractivity contribution < 1.29 is 35.2 Å². The lowest BCUT2D eigenvalue weighted by Crippen LogP contribution is -2.26. The first kappa shape index (κ1) is 33.6. The van der Waals surface area contributed by atoms with Crippen LogP contribution in [0, 0.1) is 11.6 Å². The normalized spacial score (nSPS) is 15.0. The van der Waals surface area contributed by atoms with Gasteiger partial charge in [0.15, 0.2) is 0 Å². The second-order valence-electron chi connectivity index (χ2n) is 13.0. The molecule has 0 spiro atoms. The van der Waals surface area contributed by atoms with Gasteiger partial charge in [-0.1, -0.05) is 6.07 Å². The molecule has 1 aliphatic rings. The fraction of sp³-hybridized carbons (Fsp3) is 0.216. The second-order valence-corrected chi connectivity index (χ2v) is 15.0. The van der Waals surface area contributed by atoms with Gasteiger partial charge in [0.05, 0.1) is 59.0 Å². The molecule has 8 rings (SSSR count). The van der Waals surface area contributed by atoms with E-state index >= 15 is 4.39 Å². The van der Waals surface area contributed by atoms with E-state index in [1.54, 1.807) is 39.6 Å². The van der Waals surface area contributed by atoms with Crippen LogP contribution in [0.4, 0.5) is 23.2 Å². The fourth-order valence-electron chi connectivity index (χ4n) is 6.93. The van der Waals surface area contributed by atoms with Crippen molar-refractivity contribution in [3.63, 3.8) is 0 Å². The molecule has 4 aromatic heterocycles. The van der Waals surface area contributed by atoms with Gasteiger partial charge < -0.3 is 9.73 Å². The highest BCUT2D eigenvalue weighted by Gasteiger charge is 2.38. The van der Waals surface area contributed by atoms with Crippen molar-refractivity contribution in [2.24, 2.45) is 0 Å². The predicted octanol–water partition coefficient (Wildman–Crippen LogP) is 6.99. The first-order valence-corrected chi connectivity index (χ1v) is 18.1. The summed E-state index contributed by atoms with van der Waals surface area (Å²) >= 11 is 0. The van der Waals surface area contributed by atoms with Gasteiger partial charge in [-0.2, -0.15) is 0 Å². The van der Waals surface area contributed by atoms with Crippen molar-refractivity contribution >= 4 is 59.9 Å². The van der Waals surface area contributed by atoms with E-state index < -0.39 is 40.0 Å². The predicted molar refractivity (Wildman–Crippen MR) is 190 cm³/mol. The van der Waals surface area contributed by atoms with Gasteiger partial charge in [-0.25, -0.2) is 31.0 Å². The Hall–Kier alpha value is -5.54. The largest absolute Gasteiger partial charge is 0.455 e. The number of amides is 1. The number of aromatic nitrogens is 3. The van der Waals surface area contributed by atoms with E-state index in [-0.39, 0.29) is 42.1 Å². The highest BCUT2D eigenvalue weighted by Crippen LogP contribution is 2.42. The zero-order chi connectivity index (χ0) is 36.7. The summed E-state index contributed by atoms with van der Waals surface area (Å²) in [5.41, 5.74) is 3.04. The number of nitrogens with one attached hydrogen (secondary N) is 1. The fourth-order valence-corrected chi connectivity index (χ4v) is 7.44. The summed E-state index contributed by atoms with van der Waals surface area (Å²) in [6.07, 6.45) is 2.27. The number of carbonyl (C=O) groups is 1. The lowest BCUT2D eigenvalue weighted by atomic mass is 10.00. The van der Waals surface area contributed by atoms with Crippen molar-refractivity contribution in [1.82, 2.24) is 24.6 Å². The van der Waals surface area contributed by atoms with E-state index in [1.165, 1.54) is 56.7 Å². The maximum absolute atomic E-state index is 15.2. The highest BCUT2D eigenvalue weighted by atomic mass is 32.2. The van der Waals surface area contributed by atoms with Crippen LogP contribution < -0.4 is 9.62 Å². The van der Waals surface area contributed by atoms with E-state index in [9.17, 15) is 26.4 Å². The van der Waals surface area contributed by atoms with Crippen LogP contribution in [0.3, 0.4) is 0 Å². The molecule has 0 saturated carbocycles. The standard InChI is InChI=1S/C37H30F4N6O4S/c1-42-36(48)34-25-13-23(30(45(2)52(3,49)50)16-32(25)51-35(34)20-7-9-21(38)10-8-20)27-14-24-28(17-43-27)44-33(18-46-12-11-37(40,41)19-46)47-29-6-4-5-26(39)22(29)15-31(24)47/h4-10,13-17H,11-12,18-19H2,1-3H3,(H,42,48). The van der Waals surface area contributed by atoms with Gasteiger partial charge in [-0.3, -0.25) is 23.4 Å². The number of fused-ring (bicyclic) bond motifs is 6. The summed E-state index contributed by atoms with van der Waals surface area (Å²) in [6, 6.07) is 16.5.